The summed E-state index contributed by atoms with van der Waals surface area (Å²) in [4.78, 5) is 72.8. The first-order chi connectivity index (χ1) is 45.4. The number of aliphatic hydroxyl groups is 1. The van der Waals surface area contributed by atoms with Crippen LogP contribution >= 0.6 is 15.6 Å². The molecule has 0 aromatic carbocycles. The lowest BCUT2D eigenvalue weighted by atomic mass is 9.99. The van der Waals surface area contributed by atoms with Gasteiger partial charge in [-0.1, -0.05) is 337 Å². The molecule has 0 saturated carbocycles. The lowest BCUT2D eigenvalue weighted by molar-refractivity contribution is -0.161. The van der Waals surface area contributed by atoms with E-state index in [9.17, 15) is 43.2 Å². The number of rotatable bonds is 74. The highest BCUT2D eigenvalue weighted by atomic mass is 31.2. The van der Waals surface area contributed by atoms with E-state index in [2.05, 4.69) is 41.5 Å². The quantitative estimate of drug-likeness (QED) is 0.0222. The molecule has 558 valence electrons. The second-order valence-electron chi connectivity index (χ2n) is 27.8. The molecule has 0 bridgehead atoms. The van der Waals surface area contributed by atoms with Gasteiger partial charge in [0.15, 0.2) is 12.2 Å². The average Bonchev–Trinajstić information content (AvgIpc) is 1.35. The summed E-state index contributed by atoms with van der Waals surface area (Å²) in [5.41, 5.74) is 0. The molecule has 0 aromatic heterocycles. The Bertz CT molecular complexity index is 1820. The first-order valence-corrected chi connectivity index (χ1v) is 42.0. The minimum Gasteiger partial charge on any atom is -0.462 e. The van der Waals surface area contributed by atoms with Crippen molar-refractivity contribution in [3.8, 4) is 0 Å². The normalized spacial score (nSPS) is 14.3. The SMILES string of the molecule is CCCCCCCCCCCCCCCCCCC(=O)O[C@H](COC(=O)CCCCCCCCCCCCCCC(C)C)COP(=O)(O)OC[C@@H](O)COP(=O)(O)OC[C@@H](COC(=O)CCCCCCCCCCC)OC(=O)CCCCCCCCCCCCC(C)CC. The van der Waals surface area contributed by atoms with Gasteiger partial charge >= 0.3 is 39.5 Å². The molecule has 6 atom stereocenters. The lowest BCUT2D eigenvalue weighted by Gasteiger charge is -2.21. The number of hydrogen-bond donors (Lipinski definition) is 3. The zero-order valence-corrected chi connectivity index (χ0v) is 63.1. The Kier molecular flexibility index (Phi) is 65.5. The predicted molar refractivity (Wildman–Crippen MR) is 381 cm³/mol. The average molecular weight is 1380 g/mol. The van der Waals surface area contributed by atoms with Crippen molar-refractivity contribution in [2.24, 2.45) is 11.8 Å². The van der Waals surface area contributed by atoms with Crippen molar-refractivity contribution in [2.75, 3.05) is 39.6 Å². The second-order valence-corrected chi connectivity index (χ2v) is 30.7. The smallest absolute Gasteiger partial charge is 0.462 e. The highest BCUT2D eigenvalue weighted by Gasteiger charge is 2.30. The van der Waals surface area contributed by atoms with Gasteiger partial charge in [0.05, 0.1) is 26.4 Å². The van der Waals surface area contributed by atoms with E-state index in [1.165, 1.54) is 205 Å². The van der Waals surface area contributed by atoms with E-state index in [1.807, 2.05) is 0 Å². The molecule has 0 radical (unpaired) electrons. The van der Waals surface area contributed by atoms with E-state index in [1.54, 1.807) is 0 Å². The van der Waals surface area contributed by atoms with Crippen LogP contribution in [0.25, 0.3) is 0 Å². The zero-order valence-electron chi connectivity index (χ0n) is 61.3. The number of aliphatic hydroxyl groups excluding tert-OH is 1. The largest absolute Gasteiger partial charge is 0.472 e. The van der Waals surface area contributed by atoms with Crippen LogP contribution in [0, 0.1) is 11.8 Å². The van der Waals surface area contributed by atoms with E-state index in [4.69, 9.17) is 37.0 Å². The van der Waals surface area contributed by atoms with Gasteiger partial charge in [0.2, 0.25) is 0 Å². The molecule has 0 spiro atoms. The molecule has 3 unspecified atom stereocenters. The van der Waals surface area contributed by atoms with Gasteiger partial charge in [-0.05, 0) is 37.5 Å². The summed E-state index contributed by atoms with van der Waals surface area (Å²) in [6.45, 7) is 9.62. The van der Waals surface area contributed by atoms with Gasteiger partial charge in [0, 0.05) is 25.7 Å². The molecule has 17 nitrogen and oxygen atoms in total. The van der Waals surface area contributed by atoms with Crippen LogP contribution < -0.4 is 0 Å². The molecule has 94 heavy (non-hydrogen) atoms. The molecular formula is C75H146O17P2. The molecule has 0 aliphatic rings. The summed E-state index contributed by atoms with van der Waals surface area (Å²) in [6, 6.07) is 0. The van der Waals surface area contributed by atoms with Gasteiger partial charge in [-0.3, -0.25) is 37.3 Å². The third-order valence-electron chi connectivity index (χ3n) is 17.8. The number of hydrogen-bond acceptors (Lipinski definition) is 15. The summed E-state index contributed by atoms with van der Waals surface area (Å²) in [5.74, 6) is -0.531. The predicted octanol–water partition coefficient (Wildman–Crippen LogP) is 21.9. The van der Waals surface area contributed by atoms with Crippen molar-refractivity contribution < 1.29 is 80.2 Å². The van der Waals surface area contributed by atoms with E-state index in [0.717, 1.165) is 102 Å². The van der Waals surface area contributed by atoms with Crippen molar-refractivity contribution in [2.45, 2.75) is 407 Å². The number of unbranched alkanes of at least 4 members (excludes halogenated alkanes) is 43. The van der Waals surface area contributed by atoms with E-state index in [0.29, 0.717) is 25.7 Å². The number of esters is 4. The third-order valence-corrected chi connectivity index (χ3v) is 19.7. The highest BCUT2D eigenvalue weighted by Crippen LogP contribution is 2.45. The van der Waals surface area contributed by atoms with Crippen LogP contribution in [0.15, 0.2) is 0 Å². The molecule has 0 aliphatic carbocycles. The Morgan fingerprint density at radius 3 is 0.809 bits per heavy atom. The van der Waals surface area contributed by atoms with Crippen LogP contribution in [0.5, 0.6) is 0 Å². The van der Waals surface area contributed by atoms with Crippen molar-refractivity contribution in [3.63, 3.8) is 0 Å². The summed E-state index contributed by atoms with van der Waals surface area (Å²) in [6.07, 6.45) is 53.9. The van der Waals surface area contributed by atoms with E-state index >= 15 is 0 Å². The number of phosphoric ester groups is 2. The molecule has 0 saturated heterocycles. The van der Waals surface area contributed by atoms with Crippen LogP contribution in [0.4, 0.5) is 0 Å². The summed E-state index contributed by atoms with van der Waals surface area (Å²) >= 11 is 0. The summed E-state index contributed by atoms with van der Waals surface area (Å²) in [5, 5.41) is 10.6. The van der Waals surface area contributed by atoms with Gasteiger partial charge in [-0.25, -0.2) is 9.13 Å². The Morgan fingerprint density at radius 2 is 0.543 bits per heavy atom. The molecule has 0 fully saturated rings. The molecule has 19 heteroatoms. The second kappa shape index (κ2) is 66.9. The van der Waals surface area contributed by atoms with Crippen LogP contribution in [0.3, 0.4) is 0 Å². The fourth-order valence-corrected chi connectivity index (χ4v) is 13.0. The van der Waals surface area contributed by atoms with Gasteiger partial charge in [-0.2, -0.15) is 0 Å². The molecular weight excluding hydrogens is 1230 g/mol. The van der Waals surface area contributed by atoms with Crippen LogP contribution in [-0.2, 0) is 65.4 Å². The molecule has 3 N–H and O–H groups in total. The number of carbonyl (C=O) groups is 4. The number of carbonyl (C=O) groups excluding carboxylic acids is 4. The minimum atomic E-state index is -4.96. The summed E-state index contributed by atoms with van der Waals surface area (Å²) in [7, 11) is -9.91. The van der Waals surface area contributed by atoms with Crippen LogP contribution in [-0.4, -0.2) is 96.7 Å². The van der Waals surface area contributed by atoms with E-state index < -0.39 is 97.5 Å². The molecule has 0 amide bonds. The maximum atomic E-state index is 13.1. The molecule has 0 heterocycles. The number of ether oxygens (including phenoxy) is 4. The Hall–Kier alpha value is -1.94. The zero-order chi connectivity index (χ0) is 69.3. The monoisotopic (exact) mass is 1380 g/mol. The van der Waals surface area contributed by atoms with Gasteiger partial charge in [0.25, 0.3) is 0 Å². The Labute approximate surface area is 575 Å². The van der Waals surface area contributed by atoms with Gasteiger partial charge in [-0.15, -0.1) is 0 Å². The van der Waals surface area contributed by atoms with Gasteiger partial charge in [0.1, 0.15) is 19.3 Å². The van der Waals surface area contributed by atoms with Crippen molar-refractivity contribution in [1.82, 2.24) is 0 Å². The van der Waals surface area contributed by atoms with Crippen molar-refractivity contribution in [1.29, 1.82) is 0 Å². The van der Waals surface area contributed by atoms with Crippen molar-refractivity contribution >= 4 is 39.5 Å². The summed E-state index contributed by atoms with van der Waals surface area (Å²) < 4.78 is 68.5. The first-order valence-electron chi connectivity index (χ1n) is 39.0. The Morgan fingerprint density at radius 1 is 0.309 bits per heavy atom. The highest BCUT2D eigenvalue weighted by molar-refractivity contribution is 7.47. The maximum absolute atomic E-state index is 13.1. The fraction of sp³-hybridized carbons (Fsp3) is 0.947. The van der Waals surface area contributed by atoms with Crippen LogP contribution in [0.1, 0.15) is 388 Å². The Balaban J connectivity index is 5.24. The minimum absolute atomic E-state index is 0.106. The molecule has 0 rings (SSSR count). The third kappa shape index (κ3) is 67.3. The van der Waals surface area contributed by atoms with Gasteiger partial charge < -0.3 is 33.8 Å². The molecule has 0 aromatic rings. The fourth-order valence-electron chi connectivity index (χ4n) is 11.4. The topological polar surface area (TPSA) is 237 Å². The maximum Gasteiger partial charge on any atom is 0.472 e. The van der Waals surface area contributed by atoms with E-state index in [-0.39, 0.29) is 25.7 Å². The molecule has 0 aliphatic heterocycles. The standard InChI is InChI=1S/C75H146O17P2/c1-7-10-12-14-16-18-19-20-21-22-23-28-35-41-47-53-59-74(79)91-71(64-86-73(78)58-52-46-40-34-27-25-24-26-32-37-43-49-55-67(4)5)66-90-94(83,84)88-62-69(76)61-87-93(81,82)89-65-70(63-85-72(77)57-51-45-39-31-17-15-13-11-8-2)92-75(80)60-54-48-42-36-30-29-33-38-44-50-56-68(6)9-3/h67-71,76H,7-66H2,1-6H3,(H,81,82)(H,83,84)/t68?,69-,70+,71+/m0/s1. The van der Waals surface area contributed by atoms with Crippen molar-refractivity contribution in [3.05, 3.63) is 0 Å². The first kappa shape index (κ1) is 92.1. The number of phosphoric acid groups is 2. The van der Waals surface area contributed by atoms with Crippen LogP contribution in [0.2, 0.25) is 0 Å². The lowest BCUT2D eigenvalue weighted by Crippen LogP contribution is -2.30.